The maximum Gasteiger partial charge on any atom is 0.323 e. The van der Waals surface area contributed by atoms with Crippen molar-refractivity contribution in [2.75, 3.05) is 13.1 Å². The molecule has 0 amide bonds. The monoisotopic (exact) mass is 254 g/mol. The summed E-state index contributed by atoms with van der Waals surface area (Å²) in [5, 5.41) is 8.99. The van der Waals surface area contributed by atoms with Gasteiger partial charge in [-0.3, -0.25) is 4.79 Å². The molecule has 0 radical (unpaired) electrons. The number of fused-ring (bicyclic) bond motifs is 1. The Morgan fingerprint density at radius 2 is 2.11 bits per heavy atom. The Bertz CT molecular complexity index is 304. The fourth-order valence-corrected chi connectivity index (χ4v) is 3.59. The molecule has 1 saturated carbocycles. The Morgan fingerprint density at radius 3 is 2.83 bits per heavy atom. The van der Waals surface area contributed by atoms with Gasteiger partial charge in [0, 0.05) is 6.04 Å². The third-order valence-corrected chi connectivity index (χ3v) is 4.74. The van der Waals surface area contributed by atoms with Crippen LogP contribution < -0.4 is 5.73 Å². The second-order valence-electron chi connectivity index (χ2n) is 6.26. The molecule has 3 unspecified atom stereocenters. The zero-order chi connectivity index (χ0) is 13.2. The van der Waals surface area contributed by atoms with E-state index in [0.717, 1.165) is 24.9 Å². The fraction of sp³-hybridized carbons (Fsp3) is 0.929. The van der Waals surface area contributed by atoms with Gasteiger partial charge < -0.3 is 15.7 Å². The van der Waals surface area contributed by atoms with Gasteiger partial charge >= 0.3 is 5.97 Å². The largest absolute Gasteiger partial charge is 0.480 e. The number of hydrogen-bond acceptors (Lipinski definition) is 3. The number of nitrogens with two attached hydrogens (primary N) is 1. The standard InChI is InChI=1S/C14H26N2O2/c1-14(15,13(17)18)8-4-10-16-9-3-6-11-5-2-7-12(11)16/h11-12H,2-10,15H2,1H3,(H,17,18). The van der Waals surface area contributed by atoms with Crippen LogP contribution in [0.3, 0.4) is 0 Å². The summed E-state index contributed by atoms with van der Waals surface area (Å²) in [4.78, 5) is 13.5. The normalized spacial score (nSPS) is 31.9. The first-order valence-electron chi connectivity index (χ1n) is 7.27. The smallest absolute Gasteiger partial charge is 0.323 e. The molecule has 0 spiro atoms. The van der Waals surface area contributed by atoms with E-state index in [-0.39, 0.29) is 0 Å². The lowest BCUT2D eigenvalue weighted by Crippen LogP contribution is -2.47. The van der Waals surface area contributed by atoms with E-state index in [1.807, 2.05) is 0 Å². The zero-order valence-corrected chi connectivity index (χ0v) is 11.4. The minimum atomic E-state index is -1.06. The van der Waals surface area contributed by atoms with E-state index in [9.17, 15) is 4.79 Å². The molecule has 1 aliphatic carbocycles. The molecule has 2 fully saturated rings. The van der Waals surface area contributed by atoms with Gasteiger partial charge in [0.15, 0.2) is 0 Å². The first-order chi connectivity index (χ1) is 8.50. The number of rotatable bonds is 5. The van der Waals surface area contributed by atoms with Crippen molar-refractivity contribution in [1.82, 2.24) is 4.90 Å². The number of likely N-dealkylation sites (tertiary alicyclic amines) is 1. The summed E-state index contributed by atoms with van der Waals surface area (Å²) in [5.41, 5.74) is 4.70. The first-order valence-corrected chi connectivity index (χ1v) is 7.27. The lowest BCUT2D eigenvalue weighted by Gasteiger charge is -2.38. The first kappa shape index (κ1) is 13.8. The topological polar surface area (TPSA) is 66.6 Å². The van der Waals surface area contributed by atoms with Crippen LogP contribution in [0.5, 0.6) is 0 Å². The summed E-state index contributed by atoms with van der Waals surface area (Å²) in [6, 6.07) is 0.771. The van der Waals surface area contributed by atoms with E-state index in [0.29, 0.717) is 6.42 Å². The van der Waals surface area contributed by atoms with Gasteiger partial charge in [-0.2, -0.15) is 0 Å². The minimum Gasteiger partial charge on any atom is -0.480 e. The second kappa shape index (κ2) is 5.57. The van der Waals surface area contributed by atoms with Crippen molar-refractivity contribution in [2.24, 2.45) is 11.7 Å². The Kier molecular flexibility index (Phi) is 4.28. The van der Waals surface area contributed by atoms with E-state index >= 15 is 0 Å². The number of piperidine rings is 1. The van der Waals surface area contributed by atoms with Gasteiger partial charge in [0.2, 0.25) is 0 Å². The predicted molar refractivity (Wildman–Crippen MR) is 71.4 cm³/mol. The van der Waals surface area contributed by atoms with Gasteiger partial charge in [-0.05, 0) is 64.5 Å². The Balaban J connectivity index is 1.78. The third-order valence-electron chi connectivity index (χ3n) is 4.74. The lowest BCUT2D eigenvalue weighted by molar-refractivity contribution is -0.143. The average molecular weight is 254 g/mol. The van der Waals surface area contributed by atoms with Gasteiger partial charge in [-0.1, -0.05) is 6.42 Å². The quantitative estimate of drug-likeness (QED) is 0.785. The molecule has 4 nitrogen and oxygen atoms in total. The number of aliphatic carboxylic acids is 1. The highest BCUT2D eigenvalue weighted by atomic mass is 16.4. The van der Waals surface area contributed by atoms with Gasteiger partial charge in [0.25, 0.3) is 0 Å². The third kappa shape index (κ3) is 3.04. The summed E-state index contributed by atoms with van der Waals surface area (Å²) in [5.74, 6) is 0.0161. The molecule has 104 valence electrons. The van der Waals surface area contributed by atoms with E-state index < -0.39 is 11.5 Å². The van der Waals surface area contributed by atoms with Crippen molar-refractivity contribution in [3.8, 4) is 0 Å². The maximum atomic E-state index is 10.9. The van der Waals surface area contributed by atoms with Crippen LogP contribution in [0.15, 0.2) is 0 Å². The van der Waals surface area contributed by atoms with Gasteiger partial charge in [-0.15, -0.1) is 0 Å². The van der Waals surface area contributed by atoms with Crippen molar-refractivity contribution >= 4 is 5.97 Å². The number of carboxylic acid groups (broad SMARTS) is 1. The highest BCUT2D eigenvalue weighted by molar-refractivity contribution is 5.77. The molecule has 0 aromatic carbocycles. The molecule has 4 heteroatoms. The van der Waals surface area contributed by atoms with Crippen molar-refractivity contribution in [3.63, 3.8) is 0 Å². The van der Waals surface area contributed by atoms with Crippen molar-refractivity contribution in [3.05, 3.63) is 0 Å². The molecular formula is C14H26N2O2. The maximum absolute atomic E-state index is 10.9. The molecule has 2 aliphatic rings. The van der Waals surface area contributed by atoms with E-state index in [1.165, 1.54) is 38.6 Å². The van der Waals surface area contributed by atoms with Crippen LogP contribution in [0.2, 0.25) is 0 Å². The number of hydrogen-bond donors (Lipinski definition) is 2. The SMILES string of the molecule is CC(N)(CCCN1CCCC2CCCC21)C(=O)O. The summed E-state index contributed by atoms with van der Waals surface area (Å²) >= 11 is 0. The zero-order valence-electron chi connectivity index (χ0n) is 11.4. The Hall–Kier alpha value is -0.610. The van der Waals surface area contributed by atoms with E-state index in [4.69, 9.17) is 10.8 Å². The minimum absolute atomic E-state index is 0.566. The van der Waals surface area contributed by atoms with Crippen LogP contribution in [0, 0.1) is 5.92 Å². The van der Waals surface area contributed by atoms with Crippen LogP contribution in [0.1, 0.15) is 51.9 Å². The molecule has 2 rings (SSSR count). The fourth-order valence-electron chi connectivity index (χ4n) is 3.59. The van der Waals surface area contributed by atoms with Gasteiger partial charge in [-0.25, -0.2) is 0 Å². The lowest BCUT2D eigenvalue weighted by atomic mass is 9.91. The van der Waals surface area contributed by atoms with Crippen LogP contribution >= 0.6 is 0 Å². The average Bonchev–Trinajstić information content (AvgIpc) is 2.77. The van der Waals surface area contributed by atoms with E-state index in [2.05, 4.69) is 4.90 Å². The van der Waals surface area contributed by atoms with Gasteiger partial charge in [0.05, 0.1) is 0 Å². The molecule has 0 aromatic heterocycles. The molecular weight excluding hydrogens is 228 g/mol. The number of nitrogens with zero attached hydrogens (tertiary/aromatic N) is 1. The van der Waals surface area contributed by atoms with Crippen LogP contribution in [0.25, 0.3) is 0 Å². The molecule has 3 N–H and O–H groups in total. The van der Waals surface area contributed by atoms with Crippen LogP contribution in [0.4, 0.5) is 0 Å². The molecule has 0 aromatic rings. The molecule has 1 heterocycles. The predicted octanol–water partition coefficient (Wildman–Crippen LogP) is 1.83. The highest BCUT2D eigenvalue weighted by Crippen LogP contribution is 2.36. The van der Waals surface area contributed by atoms with Crippen LogP contribution in [-0.4, -0.2) is 40.6 Å². The van der Waals surface area contributed by atoms with Gasteiger partial charge in [0.1, 0.15) is 5.54 Å². The Morgan fingerprint density at radius 1 is 1.39 bits per heavy atom. The van der Waals surface area contributed by atoms with Crippen LogP contribution in [-0.2, 0) is 4.79 Å². The highest BCUT2D eigenvalue weighted by Gasteiger charge is 2.35. The van der Waals surface area contributed by atoms with E-state index in [1.54, 1.807) is 6.92 Å². The summed E-state index contributed by atoms with van der Waals surface area (Å²) in [6.07, 6.45) is 8.26. The molecule has 0 bridgehead atoms. The number of carbonyl (C=O) groups is 1. The summed E-state index contributed by atoms with van der Waals surface area (Å²) < 4.78 is 0. The molecule has 18 heavy (non-hydrogen) atoms. The second-order valence-corrected chi connectivity index (χ2v) is 6.26. The molecule has 1 aliphatic heterocycles. The van der Waals surface area contributed by atoms with Crippen molar-refractivity contribution in [1.29, 1.82) is 0 Å². The number of carboxylic acids is 1. The Labute approximate surface area is 110 Å². The summed E-state index contributed by atoms with van der Waals surface area (Å²) in [7, 11) is 0. The van der Waals surface area contributed by atoms with Crippen molar-refractivity contribution < 1.29 is 9.90 Å². The molecule has 1 saturated heterocycles. The summed E-state index contributed by atoms with van der Waals surface area (Å²) in [6.45, 7) is 3.82. The van der Waals surface area contributed by atoms with Crippen molar-refractivity contribution in [2.45, 2.75) is 63.5 Å². The molecule has 3 atom stereocenters.